The molecule has 0 saturated carbocycles. The zero-order valence-electron chi connectivity index (χ0n) is 24.2. The van der Waals surface area contributed by atoms with Gasteiger partial charge in [-0.15, -0.1) is 0 Å². The number of rotatable bonds is 7. The summed E-state index contributed by atoms with van der Waals surface area (Å²) in [5.74, 6) is 1.17. The number of piperidine rings is 1. The molecule has 1 aliphatic carbocycles. The second-order valence-electron chi connectivity index (χ2n) is 12.4. The summed E-state index contributed by atoms with van der Waals surface area (Å²) in [5, 5.41) is 10.3. The number of nitriles is 1. The van der Waals surface area contributed by atoms with Gasteiger partial charge in [0.25, 0.3) is 0 Å². The van der Waals surface area contributed by atoms with Gasteiger partial charge in [0, 0.05) is 48.2 Å². The van der Waals surface area contributed by atoms with E-state index in [1.165, 1.54) is 40.6 Å². The molecule has 0 amide bonds. The van der Waals surface area contributed by atoms with E-state index in [1.807, 2.05) is 18.2 Å². The molecule has 2 aliphatic heterocycles. The highest BCUT2D eigenvalue weighted by atomic mass is 16.1. The molecule has 1 fully saturated rings. The minimum Gasteiger partial charge on any atom is -0.334 e. The topological polar surface area (TPSA) is 52.3 Å². The maximum Gasteiger partial charge on any atom is 0.166 e. The number of hydrogen-bond donors (Lipinski definition) is 0. The lowest BCUT2D eigenvalue weighted by molar-refractivity contribution is 0.0895. The predicted octanol–water partition coefficient (Wildman–Crippen LogP) is 6.92. The van der Waals surface area contributed by atoms with Crippen LogP contribution in [0, 0.1) is 23.2 Å². The van der Waals surface area contributed by atoms with Crippen molar-refractivity contribution in [3.05, 3.63) is 113 Å². The first-order valence-electron chi connectivity index (χ1n) is 15.5. The molecule has 5 heteroatoms. The van der Waals surface area contributed by atoms with Crippen LogP contribution in [0.1, 0.15) is 58.3 Å². The normalized spacial score (nSPS) is 20.0. The summed E-state index contributed by atoms with van der Waals surface area (Å²) < 4.78 is 2.27. The number of Topliss-reactive ketones (excluding diaryl/α,β-unsaturated/α-hetero) is 1. The summed E-state index contributed by atoms with van der Waals surface area (Å²) in [6.07, 6.45) is 9.82. The number of hydrogen-bond acceptors (Lipinski definition) is 4. The van der Waals surface area contributed by atoms with Gasteiger partial charge in [0.05, 0.1) is 18.3 Å². The molecule has 0 radical (unpaired) electrons. The largest absolute Gasteiger partial charge is 0.334 e. The molecular weight excluding hydrogens is 516 g/mol. The number of aromatic nitrogens is 1. The maximum absolute atomic E-state index is 13.3. The third-order valence-corrected chi connectivity index (χ3v) is 9.70. The SMILES string of the molecule is N#Cc1ccc2c(ccn2CN2CC=C(c3ccc4c(c3)CC(CC3CCN(Cc5ccccc5)CC3)C4=O)CC2)c1. The third-order valence-electron chi connectivity index (χ3n) is 9.70. The van der Waals surface area contributed by atoms with Gasteiger partial charge in [0.1, 0.15) is 0 Å². The van der Waals surface area contributed by atoms with Crippen LogP contribution in [-0.2, 0) is 19.6 Å². The van der Waals surface area contributed by atoms with Crippen molar-refractivity contribution >= 4 is 22.3 Å². The molecule has 1 aromatic heterocycles. The Kier molecular flexibility index (Phi) is 7.50. The second kappa shape index (κ2) is 11.7. The number of fused-ring (bicyclic) bond motifs is 2. The number of likely N-dealkylation sites (tertiary alicyclic amines) is 1. The lowest BCUT2D eigenvalue weighted by Crippen LogP contribution is -2.34. The molecule has 3 aliphatic rings. The fourth-order valence-electron chi connectivity index (χ4n) is 7.31. The van der Waals surface area contributed by atoms with E-state index in [0.29, 0.717) is 17.3 Å². The molecule has 42 heavy (non-hydrogen) atoms. The van der Waals surface area contributed by atoms with Crippen LogP contribution in [-0.4, -0.2) is 46.3 Å². The average molecular weight is 555 g/mol. The van der Waals surface area contributed by atoms with E-state index in [2.05, 4.69) is 87.3 Å². The molecule has 3 aromatic carbocycles. The molecule has 1 atom stereocenters. The van der Waals surface area contributed by atoms with E-state index in [0.717, 1.165) is 69.6 Å². The summed E-state index contributed by atoms with van der Waals surface area (Å²) in [6.45, 7) is 6.04. The smallest absolute Gasteiger partial charge is 0.166 e. The summed E-state index contributed by atoms with van der Waals surface area (Å²) in [6, 6.07) is 27.6. The quantitative estimate of drug-likeness (QED) is 0.249. The zero-order chi connectivity index (χ0) is 28.5. The van der Waals surface area contributed by atoms with Gasteiger partial charge in [-0.3, -0.25) is 14.6 Å². The van der Waals surface area contributed by atoms with E-state index in [-0.39, 0.29) is 5.92 Å². The molecule has 7 rings (SSSR count). The van der Waals surface area contributed by atoms with Crippen molar-refractivity contribution in [3.63, 3.8) is 0 Å². The van der Waals surface area contributed by atoms with Crippen LogP contribution >= 0.6 is 0 Å². The fraction of sp³-hybridized carbons (Fsp3) is 0.351. The van der Waals surface area contributed by atoms with Gasteiger partial charge in [-0.1, -0.05) is 54.6 Å². The van der Waals surface area contributed by atoms with Crippen LogP contribution in [0.25, 0.3) is 16.5 Å². The molecule has 0 N–H and O–H groups in total. The van der Waals surface area contributed by atoms with Gasteiger partial charge in [0.2, 0.25) is 0 Å². The Morgan fingerprint density at radius 2 is 1.76 bits per heavy atom. The number of carbonyl (C=O) groups is 1. The minimum absolute atomic E-state index is 0.150. The highest BCUT2D eigenvalue weighted by Crippen LogP contribution is 2.36. The standard InChI is InChI=1S/C37H38N4O/c38-24-29-6-9-36-32(21-29)14-19-41(36)26-40-17-12-30(13-18-40)31-7-8-35-33(22-31)23-34(37(35)42)20-27-10-15-39(16-11-27)25-28-4-2-1-3-5-28/h1-9,12,14,19,21-22,27,34H,10-11,13,15-18,20,23,25-26H2. The van der Waals surface area contributed by atoms with E-state index in [4.69, 9.17) is 0 Å². The molecule has 5 nitrogen and oxygen atoms in total. The summed E-state index contributed by atoms with van der Waals surface area (Å²) in [4.78, 5) is 18.4. The first-order valence-corrected chi connectivity index (χ1v) is 15.5. The van der Waals surface area contributed by atoms with Gasteiger partial charge in [-0.2, -0.15) is 5.26 Å². The number of nitrogens with zero attached hydrogens (tertiary/aromatic N) is 4. The molecule has 1 unspecified atom stereocenters. The van der Waals surface area contributed by atoms with Crippen LogP contribution in [0.4, 0.5) is 0 Å². The van der Waals surface area contributed by atoms with Crippen LogP contribution in [0.5, 0.6) is 0 Å². The highest BCUT2D eigenvalue weighted by Gasteiger charge is 2.33. The van der Waals surface area contributed by atoms with Crippen molar-refractivity contribution in [1.29, 1.82) is 5.26 Å². The van der Waals surface area contributed by atoms with Crippen molar-refractivity contribution in [3.8, 4) is 6.07 Å². The van der Waals surface area contributed by atoms with E-state index < -0.39 is 0 Å². The maximum atomic E-state index is 13.3. The van der Waals surface area contributed by atoms with Crippen molar-refractivity contribution in [2.24, 2.45) is 11.8 Å². The van der Waals surface area contributed by atoms with Crippen molar-refractivity contribution < 1.29 is 4.79 Å². The molecule has 0 spiro atoms. The average Bonchev–Trinajstić information content (AvgIpc) is 3.58. The van der Waals surface area contributed by atoms with Gasteiger partial charge >= 0.3 is 0 Å². The first kappa shape index (κ1) is 26.9. The first-order chi connectivity index (χ1) is 20.6. The Morgan fingerprint density at radius 1 is 0.905 bits per heavy atom. The summed E-state index contributed by atoms with van der Waals surface area (Å²) >= 11 is 0. The van der Waals surface area contributed by atoms with Gasteiger partial charge in [-0.05, 0) is 97.6 Å². The Hall–Kier alpha value is -3.98. The molecule has 1 saturated heterocycles. The zero-order valence-corrected chi connectivity index (χ0v) is 24.2. The van der Waals surface area contributed by atoms with Crippen LogP contribution in [0.3, 0.4) is 0 Å². The van der Waals surface area contributed by atoms with Crippen molar-refractivity contribution in [2.45, 2.75) is 45.3 Å². The van der Waals surface area contributed by atoms with Crippen molar-refractivity contribution in [1.82, 2.24) is 14.4 Å². The van der Waals surface area contributed by atoms with Gasteiger partial charge in [-0.25, -0.2) is 0 Å². The lowest BCUT2D eigenvalue weighted by atomic mass is 9.85. The monoisotopic (exact) mass is 554 g/mol. The van der Waals surface area contributed by atoms with Crippen molar-refractivity contribution in [2.75, 3.05) is 26.2 Å². The van der Waals surface area contributed by atoms with Gasteiger partial charge in [0.15, 0.2) is 5.78 Å². The molecule has 3 heterocycles. The predicted molar refractivity (Wildman–Crippen MR) is 168 cm³/mol. The highest BCUT2D eigenvalue weighted by molar-refractivity contribution is 6.02. The van der Waals surface area contributed by atoms with E-state index in [9.17, 15) is 10.1 Å². The number of carbonyl (C=O) groups excluding carboxylic acids is 1. The lowest BCUT2D eigenvalue weighted by Gasteiger charge is -2.33. The van der Waals surface area contributed by atoms with Gasteiger partial charge < -0.3 is 4.57 Å². The molecule has 212 valence electrons. The summed E-state index contributed by atoms with van der Waals surface area (Å²) in [7, 11) is 0. The van der Waals surface area contributed by atoms with Crippen LogP contribution in [0.15, 0.2) is 85.1 Å². The Labute approximate surface area is 248 Å². The van der Waals surface area contributed by atoms with E-state index >= 15 is 0 Å². The van der Waals surface area contributed by atoms with Crippen LogP contribution < -0.4 is 0 Å². The Balaban J connectivity index is 0.940. The molecule has 4 aromatic rings. The summed E-state index contributed by atoms with van der Waals surface area (Å²) in [5.41, 5.74) is 8.15. The number of benzene rings is 3. The second-order valence-corrected chi connectivity index (χ2v) is 12.4. The minimum atomic E-state index is 0.150. The van der Waals surface area contributed by atoms with Crippen LogP contribution in [0.2, 0.25) is 0 Å². The number of ketones is 1. The molecule has 0 bridgehead atoms. The van der Waals surface area contributed by atoms with E-state index in [1.54, 1.807) is 0 Å². The fourth-order valence-corrected chi connectivity index (χ4v) is 7.31. The Bertz CT molecular complexity index is 1670. The Morgan fingerprint density at radius 3 is 2.55 bits per heavy atom. The third kappa shape index (κ3) is 5.57. The molecular formula is C37H38N4O.